The molecule has 2 aromatic heterocycles. The molecule has 0 aliphatic heterocycles. The van der Waals surface area contributed by atoms with Gasteiger partial charge in [-0.25, -0.2) is 9.78 Å². The highest BCUT2D eigenvalue weighted by Crippen LogP contribution is 2.27. The van der Waals surface area contributed by atoms with Crippen LogP contribution < -0.4 is 10.2 Å². The zero-order valence-electron chi connectivity index (χ0n) is 17.2. The van der Waals surface area contributed by atoms with Crippen LogP contribution in [0.2, 0.25) is 0 Å². The number of nitrogens with one attached hydrogen (secondary N) is 1. The fraction of sp³-hybridized carbons (Fsp3) is 0.182. The van der Waals surface area contributed by atoms with Crippen LogP contribution in [-0.2, 0) is 7.05 Å². The minimum atomic E-state index is -0.967. The number of nitrogens with zero attached hydrogens (tertiary/aromatic N) is 5. The van der Waals surface area contributed by atoms with Gasteiger partial charge >= 0.3 is 5.97 Å². The third-order valence-corrected chi connectivity index (χ3v) is 5.21. The summed E-state index contributed by atoms with van der Waals surface area (Å²) in [6.45, 7) is 3.81. The largest absolute Gasteiger partial charge is 0.478 e. The van der Waals surface area contributed by atoms with Crippen molar-refractivity contribution in [1.82, 2.24) is 19.7 Å². The van der Waals surface area contributed by atoms with E-state index in [1.54, 1.807) is 31.3 Å². The Kier molecular flexibility index (Phi) is 4.83. The predicted molar refractivity (Wildman–Crippen MR) is 117 cm³/mol. The highest BCUT2D eigenvalue weighted by atomic mass is 16.4. The van der Waals surface area contributed by atoms with Crippen LogP contribution in [0, 0.1) is 13.8 Å². The van der Waals surface area contributed by atoms with E-state index in [9.17, 15) is 9.90 Å². The predicted octanol–water partition coefficient (Wildman–Crippen LogP) is 4.19. The molecule has 0 unspecified atom stereocenters. The van der Waals surface area contributed by atoms with Gasteiger partial charge in [-0.1, -0.05) is 6.07 Å². The summed E-state index contributed by atoms with van der Waals surface area (Å²) in [4.78, 5) is 22.2. The fourth-order valence-electron chi connectivity index (χ4n) is 3.32. The van der Waals surface area contributed by atoms with E-state index in [2.05, 4.69) is 26.4 Å². The second-order valence-corrected chi connectivity index (χ2v) is 7.17. The highest BCUT2D eigenvalue weighted by Gasteiger charge is 2.12. The van der Waals surface area contributed by atoms with Crippen LogP contribution in [-0.4, -0.2) is 37.9 Å². The number of anilines is 4. The number of aromatic nitrogens is 4. The molecule has 0 radical (unpaired) electrons. The summed E-state index contributed by atoms with van der Waals surface area (Å²) in [6, 6.07) is 13.1. The lowest BCUT2D eigenvalue weighted by Gasteiger charge is -2.19. The summed E-state index contributed by atoms with van der Waals surface area (Å²) in [7, 11) is 3.86. The van der Waals surface area contributed by atoms with E-state index in [1.165, 1.54) is 0 Å². The Labute approximate surface area is 173 Å². The van der Waals surface area contributed by atoms with Gasteiger partial charge in [-0.3, -0.25) is 4.68 Å². The second kappa shape index (κ2) is 7.47. The van der Waals surface area contributed by atoms with E-state index < -0.39 is 5.97 Å². The molecule has 152 valence electrons. The summed E-state index contributed by atoms with van der Waals surface area (Å²) in [5.41, 5.74) is 4.55. The van der Waals surface area contributed by atoms with Crippen molar-refractivity contribution in [2.75, 3.05) is 17.3 Å². The first-order valence-electron chi connectivity index (χ1n) is 9.44. The normalized spacial score (nSPS) is 10.9. The Balaban J connectivity index is 1.61. The summed E-state index contributed by atoms with van der Waals surface area (Å²) in [5, 5.41) is 18.1. The van der Waals surface area contributed by atoms with Crippen LogP contribution in [0.3, 0.4) is 0 Å². The lowest BCUT2D eigenvalue weighted by Crippen LogP contribution is -2.12. The number of benzene rings is 2. The number of carboxylic acid groups (broad SMARTS) is 1. The fourth-order valence-corrected chi connectivity index (χ4v) is 3.32. The molecule has 0 saturated heterocycles. The number of carboxylic acids is 1. The molecular weight excluding hydrogens is 380 g/mol. The first kappa shape index (κ1) is 19.4. The van der Waals surface area contributed by atoms with Crippen LogP contribution >= 0.6 is 0 Å². The highest BCUT2D eigenvalue weighted by molar-refractivity contribution is 5.90. The molecule has 2 aromatic carbocycles. The van der Waals surface area contributed by atoms with Crippen LogP contribution in [0.5, 0.6) is 0 Å². The minimum absolute atomic E-state index is 0.243. The first-order valence-corrected chi connectivity index (χ1v) is 9.44. The molecule has 30 heavy (non-hydrogen) atoms. The van der Waals surface area contributed by atoms with Crippen molar-refractivity contribution in [2.24, 2.45) is 7.05 Å². The number of aryl methyl sites for hydroxylation is 3. The number of aromatic carboxylic acids is 1. The van der Waals surface area contributed by atoms with Gasteiger partial charge in [-0.15, -0.1) is 0 Å². The molecule has 8 heteroatoms. The summed E-state index contributed by atoms with van der Waals surface area (Å²) in [5.74, 6) is 0.116. The smallest absolute Gasteiger partial charge is 0.336 e. The number of rotatable bonds is 5. The molecule has 4 aromatic rings. The summed E-state index contributed by atoms with van der Waals surface area (Å²) < 4.78 is 1.87. The lowest BCUT2D eigenvalue weighted by molar-refractivity contribution is 0.0696. The van der Waals surface area contributed by atoms with Gasteiger partial charge in [0, 0.05) is 42.7 Å². The Morgan fingerprint density at radius 2 is 1.93 bits per heavy atom. The molecule has 0 fully saturated rings. The molecule has 0 saturated carbocycles. The maximum absolute atomic E-state index is 11.4. The molecule has 2 N–H and O–H groups in total. The number of hydrogen-bond donors (Lipinski definition) is 2. The molecule has 0 aliphatic carbocycles. The average Bonchev–Trinajstić information content (AvgIpc) is 3.02. The van der Waals surface area contributed by atoms with Crippen LogP contribution in [0.1, 0.15) is 21.6 Å². The molecule has 0 bridgehead atoms. The van der Waals surface area contributed by atoms with Crippen molar-refractivity contribution in [3.63, 3.8) is 0 Å². The van der Waals surface area contributed by atoms with E-state index >= 15 is 0 Å². The SMILES string of the molecule is Cc1ccc(Nc2nccc(N(C)c3ccc4c(C)n(C)nc4c3)n2)cc1C(=O)O. The molecule has 0 atom stereocenters. The molecule has 0 amide bonds. The van der Waals surface area contributed by atoms with Crippen molar-refractivity contribution < 1.29 is 9.90 Å². The quantitative estimate of drug-likeness (QED) is 0.517. The molecule has 0 aliphatic rings. The maximum Gasteiger partial charge on any atom is 0.336 e. The van der Waals surface area contributed by atoms with E-state index in [4.69, 9.17) is 0 Å². The van der Waals surface area contributed by atoms with Crippen molar-refractivity contribution in [3.8, 4) is 0 Å². The number of fused-ring (bicyclic) bond motifs is 1. The first-order chi connectivity index (χ1) is 14.3. The molecule has 0 spiro atoms. The summed E-state index contributed by atoms with van der Waals surface area (Å²) in [6.07, 6.45) is 1.66. The van der Waals surface area contributed by atoms with E-state index in [0.717, 1.165) is 22.3 Å². The average molecular weight is 402 g/mol. The standard InChI is InChI=1S/C22H22N6O2/c1-13-5-6-15(11-18(13)21(29)30)24-22-23-10-9-20(25-22)27(3)16-7-8-17-14(2)28(4)26-19(17)12-16/h5-12H,1-4H3,(H,29,30)(H,23,24,25). The van der Waals surface area contributed by atoms with Gasteiger partial charge in [-0.2, -0.15) is 10.1 Å². The van der Waals surface area contributed by atoms with Crippen LogP contribution in [0.25, 0.3) is 10.9 Å². The van der Waals surface area contributed by atoms with E-state index in [0.29, 0.717) is 23.0 Å². The van der Waals surface area contributed by atoms with Crippen LogP contribution in [0.15, 0.2) is 48.7 Å². The minimum Gasteiger partial charge on any atom is -0.478 e. The van der Waals surface area contributed by atoms with Gasteiger partial charge in [0.25, 0.3) is 0 Å². The maximum atomic E-state index is 11.4. The van der Waals surface area contributed by atoms with E-state index in [-0.39, 0.29) is 5.56 Å². The third-order valence-electron chi connectivity index (χ3n) is 5.21. The lowest BCUT2D eigenvalue weighted by atomic mass is 10.1. The second-order valence-electron chi connectivity index (χ2n) is 7.17. The van der Waals surface area contributed by atoms with Gasteiger partial charge in [0.15, 0.2) is 0 Å². The monoisotopic (exact) mass is 402 g/mol. The van der Waals surface area contributed by atoms with Gasteiger partial charge in [0.2, 0.25) is 5.95 Å². The van der Waals surface area contributed by atoms with Crippen molar-refractivity contribution in [1.29, 1.82) is 0 Å². The topological polar surface area (TPSA) is 96.2 Å². The van der Waals surface area contributed by atoms with Crippen LogP contribution in [0.4, 0.5) is 23.1 Å². The Hall–Kier alpha value is -3.94. The number of carbonyl (C=O) groups is 1. The van der Waals surface area contributed by atoms with Gasteiger partial charge in [0.05, 0.1) is 11.1 Å². The van der Waals surface area contributed by atoms with Gasteiger partial charge < -0.3 is 15.3 Å². The zero-order chi connectivity index (χ0) is 21.4. The molecule has 4 rings (SSSR count). The zero-order valence-corrected chi connectivity index (χ0v) is 17.2. The number of hydrogen-bond acceptors (Lipinski definition) is 6. The van der Waals surface area contributed by atoms with E-state index in [1.807, 2.05) is 48.8 Å². The molecule has 8 nitrogen and oxygen atoms in total. The molecular formula is C22H22N6O2. The molecule has 2 heterocycles. The van der Waals surface area contributed by atoms with Crippen molar-refractivity contribution >= 4 is 40.0 Å². The van der Waals surface area contributed by atoms with Gasteiger partial charge in [0.1, 0.15) is 5.82 Å². The third kappa shape index (κ3) is 3.55. The summed E-state index contributed by atoms with van der Waals surface area (Å²) >= 11 is 0. The van der Waals surface area contributed by atoms with Gasteiger partial charge in [-0.05, 0) is 55.8 Å². The Morgan fingerprint density at radius 1 is 1.13 bits per heavy atom. The Morgan fingerprint density at radius 3 is 2.70 bits per heavy atom. The van der Waals surface area contributed by atoms with Crippen molar-refractivity contribution in [3.05, 3.63) is 65.5 Å². The Bertz CT molecular complexity index is 1260. The van der Waals surface area contributed by atoms with Crippen molar-refractivity contribution in [2.45, 2.75) is 13.8 Å².